The van der Waals surface area contributed by atoms with Crippen molar-refractivity contribution in [1.82, 2.24) is 14.5 Å². The van der Waals surface area contributed by atoms with E-state index in [1.54, 1.807) is 22.5 Å². The molecule has 0 aliphatic carbocycles. The Balaban J connectivity index is 2.56. The van der Waals surface area contributed by atoms with Crippen LogP contribution in [0.15, 0.2) is 16.6 Å². The predicted octanol–water partition coefficient (Wildman–Crippen LogP) is 4.03. The molecule has 1 heterocycles. The lowest BCUT2D eigenvalue weighted by Crippen LogP contribution is -2.36. The Morgan fingerprint density at radius 1 is 1.48 bits per heavy atom. The third-order valence-corrected chi connectivity index (χ3v) is 4.48. The number of halogens is 2. The zero-order chi connectivity index (χ0) is 15.7. The second-order valence-electron chi connectivity index (χ2n) is 4.77. The van der Waals surface area contributed by atoms with E-state index in [0.717, 1.165) is 0 Å². The number of likely N-dealkylation sites (N-methyl/N-ethyl adjacent to an activating group) is 1. The summed E-state index contributed by atoms with van der Waals surface area (Å²) in [7, 11) is 0. The standard InChI is InChI=1S/C14H17BrFN3OS/c1-4-18(5-2)13(20)8(3)19-12-6-9(15)10(16)7-11(12)17-14(19)21/h6-8H,4-5H2,1-3H3,(H,17,21). The van der Waals surface area contributed by atoms with Gasteiger partial charge in [-0.15, -0.1) is 0 Å². The highest BCUT2D eigenvalue weighted by molar-refractivity contribution is 9.10. The minimum atomic E-state index is -0.441. The van der Waals surface area contributed by atoms with Gasteiger partial charge < -0.3 is 14.5 Å². The topological polar surface area (TPSA) is 41.0 Å². The summed E-state index contributed by atoms with van der Waals surface area (Å²) in [6, 6.07) is 2.58. The van der Waals surface area contributed by atoms with Crippen molar-refractivity contribution in [3.63, 3.8) is 0 Å². The average molecular weight is 374 g/mol. The van der Waals surface area contributed by atoms with Gasteiger partial charge >= 0.3 is 0 Å². The van der Waals surface area contributed by atoms with Gasteiger partial charge in [0.1, 0.15) is 11.9 Å². The minimum absolute atomic E-state index is 0.00236. The molecule has 0 bridgehead atoms. The molecule has 0 radical (unpaired) electrons. The van der Waals surface area contributed by atoms with Gasteiger partial charge in [-0.25, -0.2) is 4.39 Å². The SMILES string of the molecule is CCN(CC)C(=O)C(C)n1c(=S)[nH]c2cc(F)c(Br)cc21. The highest BCUT2D eigenvalue weighted by Crippen LogP contribution is 2.26. The number of imidazole rings is 1. The second-order valence-corrected chi connectivity index (χ2v) is 6.01. The molecule has 7 heteroatoms. The molecule has 1 aromatic carbocycles. The van der Waals surface area contributed by atoms with Gasteiger partial charge in [0.2, 0.25) is 5.91 Å². The summed E-state index contributed by atoms with van der Waals surface area (Å²) in [5.41, 5.74) is 1.29. The maximum Gasteiger partial charge on any atom is 0.245 e. The van der Waals surface area contributed by atoms with E-state index in [4.69, 9.17) is 12.2 Å². The summed E-state index contributed by atoms with van der Waals surface area (Å²) in [5, 5.41) is 0. The average Bonchev–Trinajstić information content (AvgIpc) is 2.75. The van der Waals surface area contributed by atoms with Crippen LogP contribution in [0.5, 0.6) is 0 Å². The zero-order valence-electron chi connectivity index (χ0n) is 12.1. The van der Waals surface area contributed by atoms with Gasteiger partial charge in [0.25, 0.3) is 0 Å². The number of nitrogens with zero attached hydrogens (tertiary/aromatic N) is 2. The lowest BCUT2D eigenvalue weighted by Gasteiger charge is -2.24. The second kappa shape index (κ2) is 6.27. The Morgan fingerprint density at radius 3 is 2.67 bits per heavy atom. The Bertz CT molecular complexity index is 736. The first kappa shape index (κ1) is 16.2. The first-order valence-electron chi connectivity index (χ1n) is 6.78. The van der Waals surface area contributed by atoms with Gasteiger partial charge in [0.15, 0.2) is 4.77 Å². The maximum absolute atomic E-state index is 13.6. The quantitative estimate of drug-likeness (QED) is 0.821. The molecule has 2 rings (SSSR count). The fourth-order valence-electron chi connectivity index (χ4n) is 2.42. The number of amides is 1. The number of hydrogen-bond acceptors (Lipinski definition) is 2. The summed E-state index contributed by atoms with van der Waals surface area (Å²) in [6.45, 7) is 6.98. The van der Waals surface area contributed by atoms with Gasteiger partial charge in [-0.2, -0.15) is 0 Å². The van der Waals surface area contributed by atoms with Crippen LogP contribution < -0.4 is 0 Å². The summed E-state index contributed by atoms with van der Waals surface area (Å²) < 4.78 is 16.1. The first-order valence-corrected chi connectivity index (χ1v) is 7.98. The highest BCUT2D eigenvalue weighted by atomic mass is 79.9. The Labute approximate surface area is 136 Å². The molecule has 1 atom stereocenters. The van der Waals surface area contributed by atoms with Gasteiger partial charge in [0, 0.05) is 19.2 Å². The molecule has 0 saturated heterocycles. The van der Waals surface area contributed by atoms with Crippen molar-refractivity contribution in [3.8, 4) is 0 Å². The number of H-pyrrole nitrogens is 1. The lowest BCUT2D eigenvalue weighted by molar-refractivity contribution is -0.133. The van der Waals surface area contributed by atoms with Crippen LogP contribution in [0.4, 0.5) is 4.39 Å². The Kier molecular flexibility index (Phi) is 4.83. The van der Waals surface area contributed by atoms with Crippen molar-refractivity contribution < 1.29 is 9.18 Å². The molecule has 1 aromatic heterocycles. The van der Waals surface area contributed by atoms with Gasteiger partial charge in [-0.3, -0.25) is 4.79 Å². The van der Waals surface area contributed by atoms with E-state index in [2.05, 4.69) is 20.9 Å². The van der Waals surface area contributed by atoms with E-state index in [1.165, 1.54) is 6.07 Å². The third-order valence-electron chi connectivity index (χ3n) is 3.58. The number of carbonyl (C=O) groups excluding carboxylic acids is 1. The summed E-state index contributed by atoms with van der Waals surface area (Å²) >= 11 is 8.46. The lowest BCUT2D eigenvalue weighted by atomic mass is 10.2. The van der Waals surface area contributed by atoms with Gasteiger partial charge in [-0.1, -0.05) is 0 Å². The molecule has 4 nitrogen and oxygen atoms in total. The highest BCUT2D eigenvalue weighted by Gasteiger charge is 2.22. The number of aromatic amines is 1. The fraction of sp³-hybridized carbons (Fsp3) is 0.429. The Morgan fingerprint density at radius 2 is 2.10 bits per heavy atom. The summed E-state index contributed by atoms with van der Waals surface area (Å²) in [5.74, 6) is -0.369. The van der Waals surface area contributed by atoms with Crippen LogP contribution >= 0.6 is 28.1 Å². The van der Waals surface area contributed by atoms with E-state index in [1.807, 2.05) is 13.8 Å². The third kappa shape index (κ3) is 2.89. The number of rotatable bonds is 4. The summed E-state index contributed by atoms with van der Waals surface area (Å²) in [4.78, 5) is 17.2. The van der Waals surface area contributed by atoms with E-state index in [0.29, 0.717) is 33.4 Å². The van der Waals surface area contributed by atoms with Crippen molar-refractivity contribution in [2.24, 2.45) is 0 Å². The normalized spacial score (nSPS) is 12.6. The van der Waals surface area contributed by atoms with E-state index >= 15 is 0 Å². The number of aromatic nitrogens is 2. The predicted molar refractivity (Wildman–Crippen MR) is 87.4 cm³/mol. The molecule has 2 aromatic rings. The van der Waals surface area contributed by atoms with Crippen LogP contribution in [-0.2, 0) is 4.79 Å². The number of benzene rings is 1. The molecular formula is C14H17BrFN3OS. The molecule has 0 saturated carbocycles. The molecule has 0 fully saturated rings. The molecule has 0 aliphatic heterocycles. The molecular weight excluding hydrogens is 357 g/mol. The number of hydrogen-bond donors (Lipinski definition) is 1. The van der Waals surface area contributed by atoms with Crippen molar-refractivity contribution in [2.45, 2.75) is 26.8 Å². The van der Waals surface area contributed by atoms with E-state index in [9.17, 15) is 9.18 Å². The van der Waals surface area contributed by atoms with E-state index in [-0.39, 0.29) is 11.7 Å². The maximum atomic E-state index is 13.6. The van der Waals surface area contributed by atoms with Gasteiger partial charge in [-0.05, 0) is 55.0 Å². The van der Waals surface area contributed by atoms with Crippen LogP contribution in [0.2, 0.25) is 0 Å². The van der Waals surface area contributed by atoms with E-state index < -0.39 is 6.04 Å². The summed E-state index contributed by atoms with van der Waals surface area (Å²) in [6.07, 6.45) is 0. The van der Waals surface area contributed by atoms with Crippen molar-refractivity contribution in [1.29, 1.82) is 0 Å². The monoisotopic (exact) mass is 373 g/mol. The molecule has 0 spiro atoms. The molecule has 1 unspecified atom stereocenters. The molecule has 1 N–H and O–H groups in total. The van der Waals surface area contributed by atoms with Crippen molar-refractivity contribution in [3.05, 3.63) is 27.2 Å². The smallest absolute Gasteiger partial charge is 0.245 e. The largest absolute Gasteiger partial charge is 0.341 e. The zero-order valence-corrected chi connectivity index (χ0v) is 14.5. The molecule has 1 amide bonds. The Hall–Kier alpha value is -1.21. The minimum Gasteiger partial charge on any atom is -0.341 e. The first-order chi connectivity index (χ1) is 9.90. The van der Waals surface area contributed by atoms with Crippen LogP contribution in [0, 0.1) is 10.6 Å². The van der Waals surface area contributed by atoms with Crippen LogP contribution in [0.25, 0.3) is 11.0 Å². The fourth-order valence-corrected chi connectivity index (χ4v) is 3.11. The van der Waals surface area contributed by atoms with Crippen molar-refractivity contribution >= 4 is 45.1 Å². The van der Waals surface area contributed by atoms with Crippen LogP contribution in [-0.4, -0.2) is 33.4 Å². The van der Waals surface area contributed by atoms with Crippen LogP contribution in [0.3, 0.4) is 0 Å². The number of carbonyl (C=O) groups is 1. The molecule has 0 aliphatic rings. The molecule has 21 heavy (non-hydrogen) atoms. The van der Waals surface area contributed by atoms with Crippen molar-refractivity contribution in [2.75, 3.05) is 13.1 Å². The van der Waals surface area contributed by atoms with Crippen LogP contribution in [0.1, 0.15) is 26.8 Å². The number of fused-ring (bicyclic) bond motifs is 1. The molecule has 114 valence electrons. The van der Waals surface area contributed by atoms with Gasteiger partial charge in [0.05, 0.1) is 15.5 Å². The number of nitrogens with one attached hydrogen (secondary N) is 1.